The summed E-state index contributed by atoms with van der Waals surface area (Å²) in [7, 11) is 0. The number of unbranched alkanes of at least 4 members (excludes halogenated alkanes) is 28. The van der Waals surface area contributed by atoms with Crippen LogP contribution in [-0.2, 0) is 14.3 Å². The number of hydrogen-bond acceptors (Lipinski definition) is 5. The summed E-state index contributed by atoms with van der Waals surface area (Å²) >= 11 is 0. The quantitative estimate of drug-likeness (QED) is 0.0435. The van der Waals surface area contributed by atoms with Crippen LogP contribution in [0.2, 0.25) is 0 Å². The number of esters is 1. The molecule has 0 fully saturated rings. The van der Waals surface area contributed by atoms with Crippen LogP contribution in [0.25, 0.3) is 0 Å². The van der Waals surface area contributed by atoms with E-state index < -0.39 is 18.2 Å². The topological polar surface area (TPSA) is 95.9 Å². The number of aliphatic hydroxyl groups is 2. The molecule has 0 aromatic carbocycles. The van der Waals surface area contributed by atoms with Gasteiger partial charge in [0.2, 0.25) is 5.91 Å². The minimum absolute atomic E-state index is 0.0851. The van der Waals surface area contributed by atoms with Gasteiger partial charge in [-0.2, -0.15) is 0 Å². The Kier molecular flexibility index (Phi) is 38.2. The van der Waals surface area contributed by atoms with Gasteiger partial charge in [-0.05, 0) is 25.7 Å². The lowest BCUT2D eigenvalue weighted by atomic mass is 10.0. The zero-order valence-corrected chi connectivity index (χ0v) is 33.8. The van der Waals surface area contributed by atoms with E-state index in [1.807, 2.05) is 0 Å². The van der Waals surface area contributed by atoms with Crippen molar-refractivity contribution in [3.8, 4) is 0 Å². The first-order valence-corrected chi connectivity index (χ1v) is 22.3. The Labute approximate surface area is 311 Å². The summed E-state index contributed by atoms with van der Waals surface area (Å²) in [4.78, 5) is 25.8. The summed E-state index contributed by atoms with van der Waals surface area (Å²) in [6.45, 7) is 6.44. The molecule has 3 unspecified atom stereocenters. The van der Waals surface area contributed by atoms with Crippen molar-refractivity contribution in [2.24, 2.45) is 0 Å². The number of carbonyl (C=O) groups is 2. The lowest BCUT2D eigenvalue weighted by molar-refractivity contribution is -0.151. The highest BCUT2D eigenvalue weighted by Crippen LogP contribution is 2.18. The van der Waals surface area contributed by atoms with E-state index in [-0.39, 0.29) is 24.9 Å². The summed E-state index contributed by atoms with van der Waals surface area (Å²) in [5.74, 6) is -0.466. The molecule has 0 spiro atoms. The highest BCUT2D eigenvalue weighted by Gasteiger charge is 2.24. The van der Waals surface area contributed by atoms with Crippen molar-refractivity contribution in [2.45, 2.75) is 264 Å². The second kappa shape index (κ2) is 39.1. The van der Waals surface area contributed by atoms with Crippen LogP contribution >= 0.6 is 0 Å². The first kappa shape index (κ1) is 48.9. The fourth-order valence-corrected chi connectivity index (χ4v) is 7.02. The Morgan fingerprint density at radius 1 is 0.500 bits per heavy atom. The maximum atomic E-state index is 13.0. The molecule has 0 aromatic rings. The third kappa shape index (κ3) is 34.0. The molecule has 0 aliphatic rings. The lowest BCUT2D eigenvalue weighted by Crippen LogP contribution is -2.46. The summed E-state index contributed by atoms with van der Waals surface area (Å²) in [6.07, 6.45) is 38.8. The molecule has 0 aliphatic heterocycles. The second-order valence-electron chi connectivity index (χ2n) is 15.5. The van der Waals surface area contributed by atoms with E-state index in [4.69, 9.17) is 4.74 Å². The van der Waals surface area contributed by atoms with E-state index in [9.17, 15) is 19.8 Å². The minimum atomic E-state index is -0.776. The maximum absolute atomic E-state index is 13.0. The van der Waals surface area contributed by atoms with Crippen molar-refractivity contribution < 1.29 is 24.5 Å². The number of hydrogen-bond donors (Lipinski definition) is 3. The first-order chi connectivity index (χ1) is 24.5. The summed E-state index contributed by atoms with van der Waals surface area (Å²) in [5, 5.41) is 23.6. The van der Waals surface area contributed by atoms with Crippen molar-refractivity contribution >= 4 is 11.9 Å². The van der Waals surface area contributed by atoms with Gasteiger partial charge in [-0.25, -0.2) is 0 Å². The molecule has 3 atom stereocenters. The number of nitrogens with one attached hydrogen (secondary N) is 1. The number of ether oxygens (including phenoxy) is 1. The van der Waals surface area contributed by atoms with Gasteiger partial charge < -0.3 is 20.3 Å². The van der Waals surface area contributed by atoms with Crippen LogP contribution in [0.3, 0.4) is 0 Å². The molecule has 0 aliphatic carbocycles. The van der Waals surface area contributed by atoms with Crippen molar-refractivity contribution in [1.29, 1.82) is 0 Å². The summed E-state index contributed by atoms with van der Waals surface area (Å²) < 4.78 is 5.86. The SMILES string of the molecule is CCCCCCCCCCCCCCCC(O)C(CO)NC(=O)CC(CCCCCCCCC)OC(=O)CCCCCCCCCCCCC. The molecule has 0 radical (unpaired) electrons. The van der Waals surface area contributed by atoms with Gasteiger partial charge in [0.25, 0.3) is 0 Å². The second-order valence-corrected chi connectivity index (χ2v) is 15.5. The van der Waals surface area contributed by atoms with Gasteiger partial charge in [0.1, 0.15) is 6.10 Å². The predicted molar refractivity (Wildman–Crippen MR) is 214 cm³/mol. The summed E-state index contributed by atoms with van der Waals surface area (Å²) in [5.41, 5.74) is 0. The molecule has 6 heteroatoms. The van der Waals surface area contributed by atoms with Gasteiger partial charge in [0, 0.05) is 6.42 Å². The highest BCUT2D eigenvalue weighted by molar-refractivity contribution is 5.77. The van der Waals surface area contributed by atoms with Crippen LogP contribution in [0.4, 0.5) is 0 Å². The van der Waals surface area contributed by atoms with Gasteiger partial charge in [0.05, 0.1) is 25.2 Å². The molecule has 0 bridgehead atoms. The Bertz CT molecular complexity index is 717. The zero-order valence-electron chi connectivity index (χ0n) is 33.8. The number of rotatable bonds is 40. The molecule has 1 amide bonds. The number of aliphatic hydroxyl groups excluding tert-OH is 2. The summed E-state index contributed by atoms with van der Waals surface area (Å²) in [6, 6.07) is -0.689. The van der Waals surface area contributed by atoms with Crippen LogP contribution in [0.5, 0.6) is 0 Å². The normalized spacial score (nSPS) is 13.3. The molecule has 0 saturated heterocycles. The highest BCUT2D eigenvalue weighted by atomic mass is 16.5. The van der Waals surface area contributed by atoms with Crippen molar-refractivity contribution in [3.63, 3.8) is 0 Å². The monoisotopic (exact) mass is 710 g/mol. The lowest BCUT2D eigenvalue weighted by Gasteiger charge is -2.24. The Morgan fingerprint density at radius 3 is 1.22 bits per heavy atom. The van der Waals surface area contributed by atoms with Gasteiger partial charge in [0.15, 0.2) is 0 Å². The predicted octanol–water partition coefficient (Wildman–Crippen LogP) is 12.4. The molecule has 3 N–H and O–H groups in total. The van der Waals surface area contributed by atoms with Crippen LogP contribution in [0.15, 0.2) is 0 Å². The van der Waals surface area contributed by atoms with Crippen molar-refractivity contribution in [2.75, 3.05) is 6.61 Å². The van der Waals surface area contributed by atoms with Crippen molar-refractivity contribution in [1.82, 2.24) is 5.32 Å². The van der Waals surface area contributed by atoms with Crippen molar-refractivity contribution in [3.05, 3.63) is 0 Å². The molecule has 50 heavy (non-hydrogen) atoms. The van der Waals surface area contributed by atoms with E-state index in [0.717, 1.165) is 44.9 Å². The smallest absolute Gasteiger partial charge is 0.306 e. The fraction of sp³-hybridized carbons (Fsp3) is 0.955. The van der Waals surface area contributed by atoms with Crippen LogP contribution in [0, 0.1) is 0 Å². The Morgan fingerprint density at radius 2 is 0.840 bits per heavy atom. The first-order valence-electron chi connectivity index (χ1n) is 22.3. The van der Waals surface area contributed by atoms with E-state index >= 15 is 0 Å². The third-order valence-electron chi connectivity index (χ3n) is 10.4. The molecule has 0 heterocycles. The molecule has 0 saturated carbocycles. The Balaban J connectivity index is 4.41. The third-order valence-corrected chi connectivity index (χ3v) is 10.4. The van der Waals surface area contributed by atoms with Gasteiger partial charge >= 0.3 is 5.97 Å². The molecule has 298 valence electrons. The van der Waals surface area contributed by atoms with E-state index in [0.29, 0.717) is 19.3 Å². The minimum Gasteiger partial charge on any atom is -0.462 e. The standard InChI is InChI=1S/C44H87NO5/c1-4-7-10-13-16-18-20-21-23-24-27-30-33-36-42(47)41(39-46)45-43(48)38-40(35-32-29-26-15-12-9-6-3)50-44(49)37-34-31-28-25-22-19-17-14-11-8-5-2/h40-42,46-47H,4-39H2,1-3H3,(H,45,48). The fourth-order valence-electron chi connectivity index (χ4n) is 7.02. The molecule has 6 nitrogen and oxygen atoms in total. The van der Waals surface area contributed by atoms with E-state index in [2.05, 4.69) is 26.1 Å². The zero-order chi connectivity index (χ0) is 36.8. The average Bonchev–Trinajstić information content (AvgIpc) is 3.10. The number of amides is 1. The van der Waals surface area contributed by atoms with Gasteiger partial charge in [-0.3, -0.25) is 9.59 Å². The van der Waals surface area contributed by atoms with Gasteiger partial charge in [-0.15, -0.1) is 0 Å². The average molecular weight is 710 g/mol. The van der Waals surface area contributed by atoms with Gasteiger partial charge in [-0.1, -0.05) is 207 Å². The molecular formula is C44H87NO5. The molecule has 0 aromatic heterocycles. The van der Waals surface area contributed by atoms with Crippen LogP contribution in [-0.4, -0.2) is 46.9 Å². The van der Waals surface area contributed by atoms with E-state index in [1.54, 1.807) is 0 Å². The van der Waals surface area contributed by atoms with E-state index in [1.165, 1.54) is 154 Å². The molecule has 0 rings (SSSR count). The maximum Gasteiger partial charge on any atom is 0.306 e. The number of carbonyl (C=O) groups excluding carboxylic acids is 2. The largest absolute Gasteiger partial charge is 0.462 e. The molecular weight excluding hydrogens is 622 g/mol. The van der Waals surface area contributed by atoms with Crippen LogP contribution in [0.1, 0.15) is 245 Å². The Hall–Kier alpha value is -1.14. The van der Waals surface area contributed by atoms with Crippen LogP contribution < -0.4 is 5.32 Å².